The number of hydrogen-bond acceptors (Lipinski definition) is 22. The van der Waals surface area contributed by atoms with Crippen LogP contribution in [0.2, 0.25) is 10.0 Å². The highest BCUT2D eigenvalue weighted by Gasteiger charge is 2.53. The Bertz CT molecular complexity index is 5750. The maximum atomic E-state index is 15.1. The number of fused-ring (bicyclic) bond motifs is 3. The van der Waals surface area contributed by atoms with E-state index in [1.807, 2.05) is 90.1 Å². The molecule has 5 aromatic carbocycles. The van der Waals surface area contributed by atoms with Crippen LogP contribution in [-0.2, 0) is 28.1 Å². The van der Waals surface area contributed by atoms with E-state index in [0.717, 1.165) is 49.0 Å². The van der Waals surface area contributed by atoms with Crippen LogP contribution in [0.1, 0.15) is 123 Å². The summed E-state index contributed by atoms with van der Waals surface area (Å²) in [6, 6.07) is 31.4. The maximum Gasteiger partial charge on any atom is 0.497 e. The number of nitriles is 2. The lowest BCUT2D eigenvalue weighted by Crippen LogP contribution is -2.41. The van der Waals surface area contributed by atoms with Gasteiger partial charge < -0.3 is 80.8 Å². The van der Waals surface area contributed by atoms with Gasteiger partial charge in [-0.1, -0.05) is 41.4 Å². The van der Waals surface area contributed by atoms with Crippen molar-refractivity contribution in [3.63, 3.8) is 0 Å². The second-order valence-electron chi connectivity index (χ2n) is 30.9. The molecule has 3 amide bonds. The molecule has 15 rings (SSSR count). The van der Waals surface area contributed by atoms with Crippen molar-refractivity contribution >= 4 is 122 Å². The zero-order valence-corrected chi connectivity index (χ0v) is 72.5. The molecule has 25 nitrogen and oxygen atoms in total. The molecule has 0 unspecified atom stereocenters. The first-order valence-corrected chi connectivity index (χ1v) is 40.7. The molecule has 0 atom stereocenters. The Kier molecular flexibility index (Phi) is 30.6. The number of carbonyl (C=O) groups excluding carboxylic acids is 3. The molecule has 11 aromatic rings. The fourth-order valence-corrected chi connectivity index (χ4v) is 13.8. The van der Waals surface area contributed by atoms with Crippen LogP contribution in [0.3, 0.4) is 0 Å². The number of carbonyl (C=O) groups is 3. The van der Waals surface area contributed by atoms with Crippen molar-refractivity contribution in [3.05, 3.63) is 204 Å². The third-order valence-corrected chi connectivity index (χ3v) is 22.6. The lowest BCUT2D eigenvalue weighted by Gasteiger charge is -2.32. The number of rotatable bonds is 18. The lowest BCUT2D eigenvalue weighted by atomic mass is 9.78. The number of pyridine rings is 3. The zero-order chi connectivity index (χ0) is 89.2. The Morgan fingerprint density at radius 3 is 1.30 bits per heavy atom. The summed E-state index contributed by atoms with van der Waals surface area (Å²) in [6.45, 7) is 18.1. The largest absolute Gasteiger partial charge is 0.497 e. The molecule has 4 aliphatic heterocycles. The molecule has 123 heavy (non-hydrogen) atoms. The molecule has 0 spiro atoms. The molecule has 0 aliphatic carbocycles. The number of aromatic nitrogens is 3. The number of likely N-dealkylation sites (N-methyl/N-ethyl adjacent to an activating group) is 3. The molecule has 646 valence electrons. The van der Waals surface area contributed by atoms with Gasteiger partial charge in [-0.05, 0) is 162 Å². The Balaban J connectivity index is 0.000000156. The Labute approximate surface area is 729 Å². The van der Waals surface area contributed by atoms with Crippen molar-refractivity contribution in [1.29, 1.82) is 10.5 Å². The SMILES string of the molecule is CC1(C)OB(c2ccc(OC3CCOCC3)c(C#N)c2)OC1(C)C.CN(CCO)C(=O)c1ccc(-c2cc3ncc(F)c(-c4ccc(OC5CCOCC5)c(C#N)c4)c3o2)c(F)c1.CN(CCO)C(=O)c1ccc(-c2cc3ncc(F)c(Cl)c3o2)c(F)c1.CN(CCO)C(=O)c1ccc(B2OC(C)(C)C(C)(C)O2)c(F)c1.Fc1cnc2cc(I)oc2c1Cl. The quantitative estimate of drug-likeness (QED) is 0.0408. The van der Waals surface area contributed by atoms with E-state index in [1.165, 1.54) is 83.4 Å². The van der Waals surface area contributed by atoms with Gasteiger partial charge in [-0.2, -0.15) is 10.5 Å². The number of ether oxygens (including phenoxy) is 4. The fraction of sp³-hybridized carbons (Fsp3) is 0.356. The predicted octanol–water partition coefficient (Wildman–Crippen LogP) is 15.3. The van der Waals surface area contributed by atoms with E-state index in [4.69, 9.17) is 89.3 Å². The normalized spacial score (nSPS) is 15.7. The summed E-state index contributed by atoms with van der Waals surface area (Å²) in [5.74, 6) is -3.87. The summed E-state index contributed by atoms with van der Waals surface area (Å²) in [6.07, 6.45) is 6.25. The van der Waals surface area contributed by atoms with E-state index >= 15 is 8.78 Å². The number of benzene rings is 5. The minimum Gasteiger partial charge on any atom is -0.489 e. The third kappa shape index (κ3) is 21.8. The third-order valence-electron chi connectivity index (χ3n) is 21.4. The van der Waals surface area contributed by atoms with E-state index in [0.29, 0.717) is 87.8 Å². The van der Waals surface area contributed by atoms with Gasteiger partial charge in [0.2, 0.25) is 0 Å². The second-order valence-corrected chi connectivity index (χ2v) is 32.8. The first-order chi connectivity index (χ1) is 58.4. The van der Waals surface area contributed by atoms with Crippen molar-refractivity contribution in [2.45, 2.75) is 116 Å². The Morgan fingerprint density at radius 2 is 0.870 bits per heavy atom. The van der Waals surface area contributed by atoms with Crippen molar-refractivity contribution in [3.8, 4) is 57.4 Å². The standard InChI is InChI=1S/C29H25F2N3O5.C18H24BNO4.C17H13ClF2N2O3.C16H23BFNO4.C7H2ClFINO/c1-34(8-9-35)29(36)18-2-4-21(22(30)13-18)26-14-24-28(39-26)27(23(31)16-33-24)17-3-5-25(19(12-17)15-32)38-20-6-10-37-11-7-20;1-17(2)18(3,4)24-19(23-17)14-5-6-16(13(11-14)12-20)22-15-7-9-21-10-8-15;1-22(4-5-23)17(24)9-2-3-10(11(19)6-9)14-7-13-16(25-14)15(18)12(20)8-21-13;1-15(2)16(3,4)23-17(22-15)12-7-6-11(10-13(12)18)14(21)19(5)8-9-20;8-6-3(9)2-11-4-1-5(10)12-7(4)6/h2-5,12-14,16,20,35H,6-11H2,1H3;5-6,11,15H,7-10H2,1-4H3;2-3,6-8,23H,4-5H2,1H3;6-7,10,20H,8-9H2,1-5H3;1-2H. The summed E-state index contributed by atoms with van der Waals surface area (Å²) in [5, 5.41) is 45.8. The smallest absolute Gasteiger partial charge is 0.489 e. The van der Waals surface area contributed by atoms with E-state index in [2.05, 4.69) is 27.1 Å². The van der Waals surface area contributed by atoms with Crippen LogP contribution in [0.25, 0.3) is 67.1 Å². The van der Waals surface area contributed by atoms with Crippen LogP contribution in [0.4, 0.5) is 26.3 Å². The molecule has 0 radical (unpaired) electrons. The molecule has 4 aliphatic rings. The van der Waals surface area contributed by atoms with Crippen LogP contribution < -0.4 is 20.4 Å². The first kappa shape index (κ1) is 93.5. The van der Waals surface area contributed by atoms with Gasteiger partial charge in [0.25, 0.3) is 17.7 Å². The molecular formula is C87H87B2Cl2F6IN8O17. The van der Waals surface area contributed by atoms with E-state index in [1.54, 1.807) is 37.4 Å². The van der Waals surface area contributed by atoms with Gasteiger partial charge in [-0.3, -0.25) is 14.4 Å². The molecule has 4 fully saturated rings. The van der Waals surface area contributed by atoms with Crippen LogP contribution in [0, 0.1) is 61.3 Å². The predicted molar refractivity (Wildman–Crippen MR) is 456 cm³/mol. The minimum atomic E-state index is -0.806. The highest BCUT2D eigenvalue weighted by atomic mass is 127. The van der Waals surface area contributed by atoms with E-state index < -0.39 is 83.4 Å². The van der Waals surface area contributed by atoms with Crippen LogP contribution in [0.15, 0.2) is 141 Å². The number of amides is 3. The van der Waals surface area contributed by atoms with Gasteiger partial charge >= 0.3 is 14.2 Å². The van der Waals surface area contributed by atoms with Crippen LogP contribution in [-0.4, -0.2) is 199 Å². The van der Waals surface area contributed by atoms with Gasteiger partial charge in [0.1, 0.15) is 91.4 Å². The van der Waals surface area contributed by atoms with Crippen molar-refractivity contribution in [2.24, 2.45) is 0 Å². The molecule has 3 N–H and O–H groups in total. The number of aliphatic hydroxyl groups is 3. The van der Waals surface area contributed by atoms with E-state index in [-0.39, 0.29) is 135 Å². The van der Waals surface area contributed by atoms with Crippen molar-refractivity contribution < 1.29 is 107 Å². The molecule has 6 aromatic heterocycles. The topological polar surface area (TPSA) is 321 Å². The van der Waals surface area contributed by atoms with Crippen LogP contribution >= 0.6 is 45.8 Å². The average Bonchev–Trinajstić information content (AvgIpc) is 1.63. The summed E-state index contributed by atoms with van der Waals surface area (Å²) in [7, 11) is 3.29. The Morgan fingerprint density at radius 1 is 0.488 bits per heavy atom. The second kappa shape index (κ2) is 40.2. The van der Waals surface area contributed by atoms with Gasteiger partial charge in [0.05, 0.1) is 115 Å². The number of furan rings is 3. The molecule has 4 saturated heterocycles. The summed E-state index contributed by atoms with van der Waals surface area (Å²) in [4.78, 5) is 52.3. The number of hydrogen-bond donors (Lipinski definition) is 3. The lowest BCUT2D eigenvalue weighted by molar-refractivity contribution is 0.00578. The number of aliphatic hydroxyl groups excluding tert-OH is 3. The average molecular weight is 1850 g/mol. The van der Waals surface area contributed by atoms with Gasteiger partial charge in [-0.15, -0.1) is 0 Å². The maximum absolute atomic E-state index is 15.1. The molecule has 0 saturated carbocycles. The molecule has 36 heteroatoms. The van der Waals surface area contributed by atoms with Crippen LogP contribution in [0.5, 0.6) is 11.5 Å². The molecular weight excluding hydrogens is 1760 g/mol. The summed E-state index contributed by atoms with van der Waals surface area (Å²) >= 11 is 13.4. The highest BCUT2D eigenvalue weighted by Crippen LogP contribution is 2.42. The minimum absolute atomic E-state index is 0.0112. The zero-order valence-electron chi connectivity index (χ0n) is 68.9. The highest BCUT2D eigenvalue weighted by molar-refractivity contribution is 14.1. The molecule has 0 bridgehead atoms. The number of nitrogens with zero attached hydrogens (tertiary/aromatic N) is 8. The van der Waals surface area contributed by atoms with Crippen molar-refractivity contribution in [2.75, 3.05) is 87.0 Å². The Hall–Kier alpha value is -10.2. The van der Waals surface area contributed by atoms with Gasteiger partial charge in [0, 0.05) is 107 Å². The monoisotopic (exact) mass is 1850 g/mol. The summed E-state index contributed by atoms with van der Waals surface area (Å²) in [5.41, 5.74) is 2.62. The van der Waals surface area contributed by atoms with Crippen molar-refractivity contribution in [1.82, 2.24) is 29.7 Å². The fourth-order valence-electron chi connectivity index (χ4n) is 12.9. The summed E-state index contributed by atoms with van der Waals surface area (Å²) < 4.78 is 149. The number of halogens is 9. The molecule has 10 heterocycles. The van der Waals surface area contributed by atoms with E-state index in [9.17, 15) is 42.5 Å². The first-order valence-electron chi connectivity index (χ1n) is 38.9. The van der Waals surface area contributed by atoms with Gasteiger partial charge in [0.15, 0.2) is 38.0 Å². The van der Waals surface area contributed by atoms with Gasteiger partial charge in [-0.25, -0.2) is 41.3 Å².